The number of imidazole rings is 1. The fourth-order valence-electron chi connectivity index (χ4n) is 3.75. The van der Waals surface area contributed by atoms with E-state index in [-0.39, 0.29) is 56.6 Å². The van der Waals surface area contributed by atoms with Crippen molar-refractivity contribution < 1.29 is 66.3 Å². The van der Waals surface area contributed by atoms with Gasteiger partial charge in [-0.15, -0.1) is 0 Å². The minimum atomic E-state index is -4.25. The van der Waals surface area contributed by atoms with Gasteiger partial charge in [-0.3, -0.25) is 9.19 Å². The largest absolute Gasteiger partial charge is 1.00 e. The number of para-hydroxylation sites is 2. The van der Waals surface area contributed by atoms with Crippen LogP contribution in [0.4, 0.5) is 0 Å². The van der Waals surface area contributed by atoms with Crippen LogP contribution in [0.25, 0.3) is 11.0 Å². The summed E-state index contributed by atoms with van der Waals surface area (Å²) in [6, 6.07) is 13.5. The monoisotopic (exact) mass is 595 g/mol. The van der Waals surface area contributed by atoms with Crippen molar-refractivity contribution in [1.82, 2.24) is 13.9 Å². The Hall–Kier alpha value is -2.81. The standard InChI is InChI=1S/C26H27N3O8S2.Na/c1-18-22(27-13-12-24(18)36-15-5-14-35-2)17-38(32)26-28-21-6-3-4-7-23(21)29(26)39(33,34)20-10-8-19(9-11-20)37-16-25(30)31;/h3-4,6-13H,5,14-17H2,1-2H3,(H,30,31);/q;+1/p-1. The second-order valence-corrected chi connectivity index (χ2v) is 11.5. The molecule has 0 N–H and O–H groups in total. The van der Waals surface area contributed by atoms with E-state index in [4.69, 9.17) is 14.2 Å². The average Bonchev–Trinajstić information content (AvgIpc) is 3.33. The number of carboxylic acid groups (broad SMARTS) is 1. The smallest absolute Gasteiger partial charge is 0.546 e. The van der Waals surface area contributed by atoms with Crippen LogP contribution in [0.5, 0.6) is 11.5 Å². The van der Waals surface area contributed by atoms with E-state index in [0.717, 1.165) is 3.97 Å². The molecule has 1 atom stereocenters. The van der Waals surface area contributed by atoms with Crippen molar-refractivity contribution in [3.63, 3.8) is 0 Å². The Labute approximate surface area is 256 Å². The fraction of sp³-hybridized carbons (Fsp3) is 0.269. The number of aliphatic carboxylic acids is 1. The van der Waals surface area contributed by atoms with E-state index in [2.05, 4.69) is 9.97 Å². The van der Waals surface area contributed by atoms with E-state index in [0.29, 0.717) is 42.2 Å². The Bertz CT molecular complexity index is 1610. The Balaban J connectivity index is 0.00000441. The zero-order valence-electron chi connectivity index (χ0n) is 22.2. The van der Waals surface area contributed by atoms with Crippen molar-refractivity contribution >= 4 is 37.8 Å². The molecule has 0 fully saturated rings. The fourth-order valence-corrected chi connectivity index (χ4v) is 6.79. The molecule has 1 unspecified atom stereocenters. The molecule has 14 heteroatoms. The quantitative estimate of drug-likeness (QED) is 0.137. The van der Waals surface area contributed by atoms with Gasteiger partial charge < -0.3 is 24.1 Å². The van der Waals surface area contributed by atoms with Crippen molar-refractivity contribution in [2.45, 2.75) is 29.1 Å². The number of hydrogen-bond donors (Lipinski definition) is 0. The van der Waals surface area contributed by atoms with Crippen LogP contribution in [0, 0.1) is 6.92 Å². The number of carbonyl (C=O) groups is 1. The average molecular weight is 596 g/mol. The Morgan fingerprint density at radius 2 is 1.77 bits per heavy atom. The van der Waals surface area contributed by atoms with Gasteiger partial charge >= 0.3 is 29.6 Å². The predicted octanol–water partition coefficient (Wildman–Crippen LogP) is -1.17. The van der Waals surface area contributed by atoms with E-state index in [1.807, 2.05) is 0 Å². The number of fused-ring (bicyclic) bond motifs is 1. The first kappa shape index (κ1) is 31.7. The third-order valence-electron chi connectivity index (χ3n) is 5.69. The molecule has 0 bridgehead atoms. The summed E-state index contributed by atoms with van der Waals surface area (Å²) >= 11 is 0. The molecule has 0 amide bonds. The summed E-state index contributed by atoms with van der Waals surface area (Å²) in [6.07, 6.45) is 2.25. The van der Waals surface area contributed by atoms with Crippen molar-refractivity contribution in [3.8, 4) is 11.5 Å². The van der Waals surface area contributed by atoms with Gasteiger partial charge in [-0.1, -0.05) is 12.1 Å². The van der Waals surface area contributed by atoms with Crippen molar-refractivity contribution in [2.75, 3.05) is 26.9 Å². The predicted molar refractivity (Wildman–Crippen MR) is 140 cm³/mol. The van der Waals surface area contributed by atoms with Gasteiger partial charge in [0.15, 0.2) is 0 Å². The molecule has 2 aromatic carbocycles. The number of hydrogen-bond acceptors (Lipinski definition) is 10. The molecule has 40 heavy (non-hydrogen) atoms. The molecule has 11 nitrogen and oxygen atoms in total. The molecule has 4 aromatic rings. The van der Waals surface area contributed by atoms with E-state index in [1.54, 1.807) is 50.6 Å². The number of ether oxygens (including phenoxy) is 3. The molecule has 0 saturated heterocycles. The number of benzene rings is 2. The van der Waals surface area contributed by atoms with Gasteiger partial charge in [0.25, 0.3) is 10.0 Å². The topological polar surface area (TPSA) is 150 Å². The maximum Gasteiger partial charge on any atom is 1.00 e. The second kappa shape index (κ2) is 14.2. The Kier molecular flexibility index (Phi) is 11.3. The summed E-state index contributed by atoms with van der Waals surface area (Å²) in [5, 5.41) is 10.5. The van der Waals surface area contributed by atoms with Gasteiger partial charge in [-0.05, 0) is 49.4 Å². The second-order valence-electron chi connectivity index (χ2n) is 8.35. The van der Waals surface area contributed by atoms with Gasteiger partial charge in [0.2, 0.25) is 5.16 Å². The third-order valence-corrected chi connectivity index (χ3v) is 8.74. The first-order chi connectivity index (χ1) is 18.7. The molecule has 2 aromatic heterocycles. The number of carboxylic acids is 1. The summed E-state index contributed by atoms with van der Waals surface area (Å²) < 4.78 is 58.0. The number of pyridine rings is 1. The first-order valence-corrected chi connectivity index (χ1v) is 14.6. The van der Waals surface area contributed by atoms with Crippen molar-refractivity contribution in [1.29, 1.82) is 0 Å². The molecular weight excluding hydrogens is 569 g/mol. The van der Waals surface area contributed by atoms with Crippen LogP contribution >= 0.6 is 0 Å². The summed E-state index contributed by atoms with van der Waals surface area (Å²) in [5.74, 6) is -0.745. The van der Waals surface area contributed by atoms with Crippen LogP contribution in [-0.2, 0) is 36.1 Å². The summed E-state index contributed by atoms with van der Waals surface area (Å²) in [5.41, 5.74) is 1.81. The van der Waals surface area contributed by atoms with Crippen LogP contribution in [0.2, 0.25) is 0 Å². The molecule has 0 spiro atoms. The number of aromatic nitrogens is 3. The van der Waals surface area contributed by atoms with E-state index >= 15 is 0 Å². The number of nitrogens with zero attached hydrogens (tertiary/aromatic N) is 3. The van der Waals surface area contributed by atoms with Crippen LogP contribution < -0.4 is 44.1 Å². The Morgan fingerprint density at radius 3 is 2.48 bits per heavy atom. The van der Waals surface area contributed by atoms with E-state index < -0.39 is 33.4 Å². The zero-order valence-corrected chi connectivity index (χ0v) is 25.9. The van der Waals surface area contributed by atoms with Crippen LogP contribution in [-0.4, -0.2) is 59.5 Å². The Morgan fingerprint density at radius 1 is 1.05 bits per heavy atom. The first-order valence-electron chi connectivity index (χ1n) is 11.8. The molecule has 0 radical (unpaired) electrons. The van der Waals surface area contributed by atoms with E-state index in [9.17, 15) is 22.5 Å². The number of methoxy groups -OCH3 is 1. The van der Waals surface area contributed by atoms with Gasteiger partial charge in [0, 0.05) is 31.9 Å². The summed E-state index contributed by atoms with van der Waals surface area (Å²) in [4.78, 5) is 19.3. The third kappa shape index (κ3) is 7.28. The molecule has 0 saturated carbocycles. The molecule has 0 aliphatic carbocycles. The molecule has 0 aliphatic rings. The number of rotatable bonds is 13. The normalized spacial score (nSPS) is 12.1. The molecular formula is C26H26N3NaO8S2. The van der Waals surface area contributed by atoms with E-state index in [1.165, 1.54) is 24.3 Å². The van der Waals surface area contributed by atoms with Crippen LogP contribution in [0.15, 0.2) is 70.8 Å². The SMILES string of the molecule is COCCCOc1ccnc(CS(=O)c2nc3ccccc3n2S(=O)(=O)c2ccc(OCC(=O)[O-])cc2)c1C.[Na+]. The summed E-state index contributed by atoms with van der Waals surface area (Å²) in [6.45, 7) is 2.12. The van der Waals surface area contributed by atoms with Gasteiger partial charge in [-0.25, -0.2) is 17.4 Å². The minimum absolute atomic E-state index is 0. The molecule has 0 aliphatic heterocycles. The minimum Gasteiger partial charge on any atom is -0.546 e. The van der Waals surface area contributed by atoms with Gasteiger partial charge in [0.05, 0.1) is 50.8 Å². The maximum atomic E-state index is 13.8. The molecule has 206 valence electrons. The maximum absolute atomic E-state index is 13.8. The van der Waals surface area contributed by atoms with Gasteiger partial charge in [-0.2, -0.15) is 0 Å². The van der Waals surface area contributed by atoms with Crippen LogP contribution in [0.1, 0.15) is 17.7 Å². The van der Waals surface area contributed by atoms with Gasteiger partial charge in [0.1, 0.15) is 18.1 Å². The molecule has 2 heterocycles. The molecule has 4 rings (SSSR count). The van der Waals surface area contributed by atoms with Crippen molar-refractivity contribution in [2.24, 2.45) is 0 Å². The zero-order chi connectivity index (χ0) is 28.0. The number of carbonyl (C=O) groups excluding carboxylic acids is 1. The summed E-state index contributed by atoms with van der Waals surface area (Å²) in [7, 11) is -4.54. The van der Waals surface area contributed by atoms with Crippen molar-refractivity contribution in [3.05, 3.63) is 72.1 Å². The van der Waals surface area contributed by atoms with Crippen LogP contribution in [0.3, 0.4) is 0 Å².